The summed E-state index contributed by atoms with van der Waals surface area (Å²) in [6.07, 6.45) is -3.08. The fraction of sp³-hybridized carbons (Fsp3) is 0.478. The highest BCUT2D eigenvalue weighted by Gasteiger charge is 2.47. The molecule has 2 unspecified atom stereocenters. The molecule has 1 heterocycles. The number of ether oxygens (including phenoxy) is 1. The van der Waals surface area contributed by atoms with Gasteiger partial charge >= 0.3 is 6.18 Å². The molecule has 0 bridgehead atoms. The summed E-state index contributed by atoms with van der Waals surface area (Å²) in [6.45, 7) is 4.18. The van der Waals surface area contributed by atoms with Gasteiger partial charge in [0.05, 0.1) is 0 Å². The van der Waals surface area contributed by atoms with E-state index in [0.29, 0.717) is 31.3 Å². The molecule has 3 rings (SSSR count). The molecular weight excluding hydrogens is 377 g/mol. The van der Waals surface area contributed by atoms with Crippen LogP contribution in [0.2, 0.25) is 0 Å². The monoisotopic (exact) mass is 406 g/mol. The Morgan fingerprint density at radius 1 is 1.07 bits per heavy atom. The highest BCUT2D eigenvalue weighted by molar-refractivity contribution is 5.23. The largest absolute Gasteiger partial charge is 0.411 e. The van der Waals surface area contributed by atoms with Gasteiger partial charge in [0.2, 0.25) is 0 Å². The van der Waals surface area contributed by atoms with Crippen LogP contribution in [0.3, 0.4) is 0 Å². The quantitative estimate of drug-likeness (QED) is 0.658. The highest BCUT2D eigenvalue weighted by atomic mass is 19.4. The van der Waals surface area contributed by atoms with Crippen LogP contribution in [0, 0.1) is 11.8 Å². The minimum atomic E-state index is -4.39. The molecule has 2 atom stereocenters. The van der Waals surface area contributed by atoms with E-state index in [1.54, 1.807) is 0 Å². The van der Waals surface area contributed by atoms with Crippen molar-refractivity contribution in [3.8, 4) is 0 Å². The van der Waals surface area contributed by atoms with E-state index in [4.69, 9.17) is 4.74 Å². The van der Waals surface area contributed by atoms with Crippen LogP contribution >= 0.6 is 0 Å². The third kappa shape index (κ3) is 5.59. The van der Waals surface area contributed by atoms with Gasteiger partial charge in [0.1, 0.15) is 6.61 Å². The number of hydrogen-bond acceptors (Lipinski definition) is 3. The maximum absolute atomic E-state index is 13.1. The van der Waals surface area contributed by atoms with Crippen molar-refractivity contribution in [3.63, 3.8) is 0 Å². The molecule has 0 amide bonds. The van der Waals surface area contributed by atoms with Gasteiger partial charge in [-0.1, -0.05) is 74.5 Å². The van der Waals surface area contributed by atoms with Crippen molar-refractivity contribution in [1.29, 1.82) is 0 Å². The first-order chi connectivity index (χ1) is 13.8. The maximum atomic E-state index is 13.1. The first-order valence-electron chi connectivity index (χ1n) is 10.1. The fourth-order valence-electron chi connectivity index (χ4n) is 3.94. The van der Waals surface area contributed by atoms with Crippen molar-refractivity contribution in [2.24, 2.45) is 11.8 Å². The van der Waals surface area contributed by atoms with Gasteiger partial charge in [0, 0.05) is 13.1 Å². The van der Waals surface area contributed by atoms with E-state index in [9.17, 15) is 13.2 Å². The summed E-state index contributed by atoms with van der Waals surface area (Å²) in [5.41, 5.74) is 4.04. The van der Waals surface area contributed by atoms with Crippen molar-refractivity contribution in [3.05, 3.63) is 71.8 Å². The molecule has 0 saturated carbocycles. The van der Waals surface area contributed by atoms with Gasteiger partial charge < -0.3 is 4.74 Å². The van der Waals surface area contributed by atoms with Crippen molar-refractivity contribution >= 4 is 0 Å². The van der Waals surface area contributed by atoms with Crippen molar-refractivity contribution in [2.45, 2.75) is 45.1 Å². The number of piperidine rings is 1. The summed E-state index contributed by atoms with van der Waals surface area (Å²) in [5, 5.41) is 1.90. The Labute approximate surface area is 170 Å². The third-order valence-corrected chi connectivity index (χ3v) is 5.67. The number of halogens is 3. The molecule has 29 heavy (non-hydrogen) atoms. The maximum Gasteiger partial charge on any atom is 0.411 e. The Morgan fingerprint density at radius 3 is 2.28 bits per heavy atom. The fourth-order valence-corrected chi connectivity index (χ4v) is 3.94. The van der Waals surface area contributed by atoms with Crippen molar-refractivity contribution in [2.75, 3.05) is 13.2 Å². The molecule has 6 heteroatoms. The molecule has 0 radical (unpaired) electrons. The average Bonchev–Trinajstić information content (AvgIpc) is 2.71. The van der Waals surface area contributed by atoms with E-state index in [2.05, 4.69) is 19.3 Å². The molecule has 3 nitrogen and oxygen atoms in total. The molecule has 2 aromatic rings. The van der Waals surface area contributed by atoms with Crippen LogP contribution < -0.4 is 5.43 Å². The number of benzene rings is 2. The van der Waals surface area contributed by atoms with E-state index in [1.165, 1.54) is 0 Å². The lowest BCUT2D eigenvalue weighted by Crippen LogP contribution is -2.60. The molecule has 0 aliphatic carbocycles. The van der Waals surface area contributed by atoms with Crippen LogP contribution in [0.1, 0.15) is 37.8 Å². The van der Waals surface area contributed by atoms with Crippen LogP contribution in [-0.4, -0.2) is 24.3 Å². The third-order valence-electron chi connectivity index (χ3n) is 5.67. The zero-order valence-electron chi connectivity index (χ0n) is 17.0. The molecule has 0 aromatic heterocycles. The lowest BCUT2D eigenvalue weighted by atomic mass is 9.81. The highest BCUT2D eigenvalue weighted by Crippen LogP contribution is 2.42. The number of hydrogen-bond donors (Lipinski definition) is 1. The summed E-state index contributed by atoms with van der Waals surface area (Å²) in [6, 6.07) is 19.1. The Bertz CT molecular complexity index is 752. The molecule has 158 valence electrons. The molecular formula is C23H29F3N2O. The van der Waals surface area contributed by atoms with Crippen LogP contribution in [0.4, 0.5) is 13.2 Å². The molecule has 1 N–H and O–H groups in total. The van der Waals surface area contributed by atoms with Gasteiger partial charge in [-0.05, 0) is 35.8 Å². The number of hydrazine groups is 1. The summed E-state index contributed by atoms with van der Waals surface area (Å²) in [7, 11) is 0. The Kier molecular flexibility index (Phi) is 6.98. The summed E-state index contributed by atoms with van der Waals surface area (Å²) in [4.78, 5) is 0. The van der Waals surface area contributed by atoms with Crippen molar-refractivity contribution in [1.82, 2.24) is 10.4 Å². The minimum absolute atomic E-state index is 0.379. The minimum Gasteiger partial charge on any atom is -0.345 e. The number of alkyl halides is 3. The summed E-state index contributed by atoms with van der Waals surface area (Å²) in [5.74, 6) is 0.817. The predicted octanol–water partition coefficient (Wildman–Crippen LogP) is 5.49. The smallest absolute Gasteiger partial charge is 0.345 e. The Balaban J connectivity index is 1.92. The van der Waals surface area contributed by atoms with Gasteiger partial charge in [-0.15, -0.1) is 0 Å². The zero-order chi connectivity index (χ0) is 20.9. The SMILES string of the molecule is CC(C)C1CCC(OCC(F)(F)F)(c2ccccc2)N(NCc2ccccc2)C1. The van der Waals surface area contributed by atoms with E-state index in [0.717, 1.165) is 17.5 Å². The standard InChI is InChI=1S/C23H29F3N2O/c1-18(2)20-13-14-22(29-17-23(24,25)26,21-11-7-4-8-12-21)28(16-20)27-15-19-9-5-3-6-10-19/h3-12,18,20,27H,13-17H2,1-2H3. The number of nitrogens with zero attached hydrogens (tertiary/aromatic N) is 1. The van der Waals surface area contributed by atoms with E-state index >= 15 is 0 Å². The first-order valence-corrected chi connectivity index (χ1v) is 10.1. The lowest BCUT2D eigenvalue weighted by Gasteiger charge is -2.50. The molecule has 0 spiro atoms. The second-order valence-corrected chi connectivity index (χ2v) is 8.03. The van der Waals surface area contributed by atoms with Crippen molar-refractivity contribution < 1.29 is 17.9 Å². The van der Waals surface area contributed by atoms with Gasteiger partial charge in [-0.2, -0.15) is 13.2 Å². The van der Waals surface area contributed by atoms with Crippen LogP contribution in [0.5, 0.6) is 0 Å². The second-order valence-electron chi connectivity index (χ2n) is 8.03. The molecule has 1 aliphatic heterocycles. The van der Waals surface area contributed by atoms with Gasteiger partial charge in [0.15, 0.2) is 5.72 Å². The van der Waals surface area contributed by atoms with Gasteiger partial charge in [-0.25, -0.2) is 10.4 Å². The van der Waals surface area contributed by atoms with E-state index in [-0.39, 0.29) is 0 Å². The average molecular weight is 406 g/mol. The van der Waals surface area contributed by atoms with Gasteiger partial charge in [-0.3, -0.25) is 0 Å². The van der Waals surface area contributed by atoms with Crippen LogP contribution in [0.25, 0.3) is 0 Å². The van der Waals surface area contributed by atoms with E-state index in [1.807, 2.05) is 65.7 Å². The Morgan fingerprint density at radius 2 is 1.69 bits per heavy atom. The summed E-state index contributed by atoms with van der Waals surface area (Å²) >= 11 is 0. The van der Waals surface area contributed by atoms with Crippen LogP contribution in [-0.2, 0) is 17.0 Å². The normalized spacial score (nSPS) is 23.4. The lowest BCUT2D eigenvalue weighted by molar-refractivity contribution is -0.270. The zero-order valence-corrected chi connectivity index (χ0v) is 17.0. The predicted molar refractivity (Wildman–Crippen MR) is 108 cm³/mol. The Hall–Kier alpha value is -1.89. The summed E-state index contributed by atoms with van der Waals surface area (Å²) < 4.78 is 45.0. The second kappa shape index (κ2) is 9.28. The van der Waals surface area contributed by atoms with Crippen LogP contribution in [0.15, 0.2) is 60.7 Å². The van der Waals surface area contributed by atoms with E-state index < -0.39 is 18.5 Å². The topological polar surface area (TPSA) is 24.5 Å². The molecule has 1 aliphatic rings. The number of nitrogens with one attached hydrogen (secondary N) is 1. The first kappa shape index (κ1) is 21.8. The molecule has 1 fully saturated rings. The molecule has 2 aromatic carbocycles. The molecule has 1 saturated heterocycles. The number of rotatable bonds is 7. The van der Waals surface area contributed by atoms with Gasteiger partial charge in [0.25, 0.3) is 0 Å².